The molecule has 0 saturated carbocycles. The predicted molar refractivity (Wildman–Crippen MR) is 118 cm³/mol. The van der Waals surface area contributed by atoms with Gasteiger partial charge in [0.25, 0.3) is 5.91 Å². The number of phenols is 1. The lowest BCUT2D eigenvalue weighted by atomic mass is 10.0. The fourth-order valence-corrected chi connectivity index (χ4v) is 4.89. The average Bonchev–Trinajstić information content (AvgIpc) is 2.71. The van der Waals surface area contributed by atoms with E-state index in [1.807, 2.05) is 0 Å². The maximum Gasteiger partial charge on any atom is 0.251 e. The van der Waals surface area contributed by atoms with Gasteiger partial charge in [-0.2, -0.15) is 0 Å². The van der Waals surface area contributed by atoms with Gasteiger partial charge in [0, 0.05) is 28.8 Å². The van der Waals surface area contributed by atoms with Crippen molar-refractivity contribution in [2.45, 2.75) is 30.5 Å². The zero-order valence-corrected chi connectivity index (χ0v) is 18.8. The van der Waals surface area contributed by atoms with Gasteiger partial charge in [0.15, 0.2) is 15.6 Å². The number of carbonyl (C=O) groups excluding carboxylic acids is 1. The number of benzene rings is 3. The van der Waals surface area contributed by atoms with Crippen LogP contribution < -0.4 is 5.32 Å². The standard InChI is InChI=1S/C23H20ClF2NO4S/c1-13(2)27-23(29)15-9-18(24)22(28)21(10-15)32(30,31)12-16-8-17(20(26)11-19(16)25)14-6-4-3-5-7-14/h3-11,13,28H,12H2,1-2H3,(H,27,29). The first-order chi connectivity index (χ1) is 15.0. The monoisotopic (exact) mass is 479 g/mol. The molecule has 0 aliphatic heterocycles. The number of carbonyl (C=O) groups is 1. The number of aromatic hydroxyl groups is 1. The van der Waals surface area contributed by atoms with Crippen LogP contribution in [0.25, 0.3) is 11.1 Å². The van der Waals surface area contributed by atoms with Crippen LogP contribution in [0.1, 0.15) is 29.8 Å². The highest BCUT2D eigenvalue weighted by atomic mass is 35.5. The van der Waals surface area contributed by atoms with Crippen molar-refractivity contribution in [3.05, 3.63) is 82.4 Å². The Labute approximate surface area is 189 Å². The molecule has 0 aromatic heterocycles. The van der Waals surface area contributed by atoms with Crippen LogP contribution in [0.5, 0.6) is 5.75 Å². The Morgan fingerprint density at radius 2 is 1.72 bits per heavy atom. The molecular weight excluding hydrogens is 460 g/mol. The highest BCUT2D eigenvalue weighted by Crippen LogP contribution is 2.35. The van der Waals surface area contributed by atoms with Gasteiger partial charge >= 0.3 is 0 Å². The lowest BCUT2D eigenvalue weighted by molar-refractivity contribution is 0.0943. The maximum absolute atomic E-state index is 14.5. The number of nitrogens with one attached hydrogen (secondary N) is 1. The van der Waals surface area contributed by atoms with Crippen LogP contribution in [-0.4, -0.2) is 25.5 Å². The van der Waals surface area contributed by atoms with E-state index in [2.05, 4.69) is 5.32 Å². The van der Waals surface area contributed by atoms with Gasteiger partial charge in [0.2, 0.25) is 0 Å². The first-order valence-corrected chi connectivity index (χ1v) is 11.6. The van der Waals surface area contributed by atoms with Crippen molar-refractivity contribution < 1.29 is 27.1 Å². The third kappa shape index (κ3) is 5.08. The molecule has 32 heavy (non-hydrogen) atoms. The van der Waals surface area contributed by atoms with Gasteiger partial charge in [-0.1, -0.05) is 41.9 Å². The molecule has 0 radical (unpaired) electrons. The van der Waals surface area contributed by atoms with Crippen LogP contribution in [-0.2, 0) is 15.6 Å². The highest BCUT2D eigenvalue weighted by Gasteiger charge is 2.26. The lowest BCUT2D eigenvalue weighted by Crippen LogP contribution is -2.30. The van der Waals surface area contributed by atoms with Crippen molar-refractivity contribution in [3.8, 4) is 16.9 Å². The first-order valence-electron chi connectivity index (χ1n) is 9.59. The number of rotatable bonds is 6. The molecule has 0 saturated heterocycles. The molecule has 0 fully saturated rings. The Bertz CT molecular complexity index is 1280. The van der Waals surface area contributed by atoms with Gasteiger partial charge in [0.1, 0.15) is 16.5 Å². The molecule has 3 rings (SSSR count). The number of halogens is 3. The molecule has 0 bridgehead atoms. The number of sulfone groups is 1. The summed E-state index contributed by atoms with van der Waals surface area (Å²) < 4.78 is 54.9. The van der Waals surface area contributed by atoms with E-state index < -0.39 is 43.8 Å². The van der Waals surface area contributed by atoms with Crippen molar-refractivity contribution in [3.63, 3.8) is 0 Å². The quantitative estimate of drug-likeness (QED) is 0.515. The zero-order chi connectivity index (χ0) is 23.6. The summed E-state index contributed by atoms with van der Waals surface area (Å²) in [6, 6.07) is 11.9. The van der Waals surface area contributed by atoms with Gasteiger partial charge in [-0.3, -0.25) is 4.79 Å². The second-order valence-corrected chi connectivity index (χ2v) is 9.85. The summed E-state index contributed by atoms with van der Waals surface area (Å²) in [6.07, 6.45) is 0. The molecule has 0 aliphatic carbocycles. The highest BCUT2D eigenvalue weighted by molar-refractivity contribution is 7.90. The molecule has 0 aliphatic rings. The summed E-state index contributed by atoms with van der Waals surface area (Å²) in [5.74, 6) is -4.10. The smallest absolute Gasteiger partial charge is 0.251 e. The van der Waals surface area contributed by atoms with Crippen molar-refractivity contribution in [1.82, 2.24) is 5.32 Å². The molecule has 1 amide bonds. The van der Waals surface area contributed by atoms with Crippen LogP contribution in [0.4, 0.5) is 8.78 Å². The minimum absolute atomic E-state index is 0.0320. The third-order valence-corrected chi connectivity index (χ3v) is 6.57. The summed E-state index contributed by atoms with van der Waals surface area (Å²) in [5.41, 5.74) is 0.105. The summed E-state index contributed by atoms with van der Waals surface area (Å²) in [5, 5.41) is 12.5. The topological polar surface area (TPSA) is 83.5 Å². The molecule has 0 heterocycles. The Kier molecular flexibility index (Phi) is 6.85. The summed E-state index contributed by atoms with van der Waals surface area (Å²) in [6.45, 7) is 3.44. The van der Waals surface area contributed by atoms with Crippen molar-refractivity contribution in [1.29, 1.82) is 0 Å². The zero-order valence-electron chi connectivity index (χ0n) is 17.2. The SMILES string of the molecule is CC(C)NC(=O)c1cc(Cl)c(O)c(S(=O)(=O)Cc2cc(-c3ccccc3)c(F)cc2F)c1. The average molecular weight is 480 g/mol. The minimum atomic E-state index is -4.36. The molecule has 0 atom stereocenters. The molecule has 2 N–H and O–H groups in total. The fraction of sp³-hybridized carbons (Fsp3) is 0.174. The van der Waals surface area contributed by atoms with Gasteiger partial charge < -0.3 is 10.4 Å². The van der Waals surface area contributed by atoms with E-state index in [-0.39, 0.29) is 27.8 Å². The van der Waals surface area contributed by atoms with Gasteiger partial charge in [0.05, 0.1) is 10.8 Å². The molecule has 0 unspecified atom stereocenters. The van der Waals surface area contributed by atoms with Crippen LogP contribution in [0.15, 0.2) is 59.5 Å². The number of amides is 1. The molecule has 3 aromatic rings. The molecule has 5 nitrogen and oxygen atoms in total. The Balaban J connectivity index is 2.05. The Morgan fingerprint density at radius 1 is 1.06 bits per heavy atom. The van der Waals surface area contributed by atoms with E-state index in [0.29, 0.717) is 11.6 Å². The molecule has 3 aromatic carbocycles. The van der Waals surface area contributed by atoms with Crippen LogP contribution >= 0.6 is 11.6 Å². The summed E-state index contributed by atoms with van der Waals surface area (Å²) in [4.78, 5) is 11.7. The van der Waals surface area contributed by atoms with E-state index in [4.69, 9.17) is 11.6 Å². The second-order valence-electron chi connectivity index (χ2n) is 7.48. The third-order valence-electron chi connectivity index (χ3n) is 4.61. The van der Waals surface area contributed by atoms with Crippen molar-refractivity contribution in [2.24, 2.45) is 0 Å². The molecule has 0 spiro atoms. The van der Waals surface area contributed by atoms with Gasteiger partial charge in [-0.05, 0) is 37.6 Å². The van der Waals surface area contributed by atoms with E-state index in [9.17, 15) is 27.1 Å². The maximum atomic E-state index is 14.5. The van der Waals surface area contributed by atoms with Gasteiger partial charge in [-0.25, -0.2) is 17.2 Å². The lowest BCUT2D eigenvalue weighted by Gasteiger charge is -2.13. The fourth-order valence-electron chi connectivity index (χ4n) is 3.11. The minimum Gasteiger partial charge on any atom is -0.505 e. The first kappa shape index (κ1) is 23.7. The number of phenolic OH excluding ortho intramolecular Hbond substituents is 1. The van der Waals surface area contributed by atoms with E-state index >= 15 is 0 Å². The Hall–Kier alpha value is -2.97. The summed E-state index contributed by atoms with van der Waals surface area (Å²) >= 11 is 5.95. The molecule has 9 heteroatoms. The van der Waals surface area contributed by atoms with Crippen LogP contribution in [0.3, 0.4) is 0 Å². The van der Waals surface area contributed by atoms with E-state index in [1.54, 1.807) is 44.2 Å². The molecule has 168 valence electrons. The van der Waals surface area contributed by atoms with E-state index in [0.717, 1.165) is 18.2 Å². The number of hydrogen-bond donors (Lipinski definition) is 2. The second kappa shape index (κ2) is 9.26. The van der Waals surface area contributed by atoms with E-state index in [1.165, 1.54) is 0 Å². The normalized spacial score (nSPS) is 11.6. The summed E-state index contributed by atoms with van der Waals surface area (Å²) in [7, 11) is -4.36. The van der Waals surface area contributed by atoms with Crippen molar-refractivity contribution in [2.75, 3.05) is 0 Å². The molecular formula is C23H20ClF2NO4S. The van der Waals surface area contributed by atoms with Crippen LogP contribution in [0.2, 0.25) is 5.02 Å². The largest absolute Gasteiger partial charge is 0.505 e. The Morgan fingerprint density at radius 3 is 2.34 bits per heavy atom. The number of hydrogen-bond acceptors (Lipinski definition) is 4. The predicted octanol–water partition coefficient (Wildman–Crippen LogP) is 5.10. The van der Waals surface area contributed by atoms with Crippen LogP contribution in [0, 0.1) is 11.6 Å². The van der Waals surface area contributed by atoms with Gasteiger partial charge in [-0.15, -0.1) is 0 Å². The van der Waals surface area contributed by atoms with Crippen molar-refractivity contribution >= 4 is 27.3 Å².